The molecule has 7 heteroatoms. The molecule has 0 heterocycles. The van der Waals surface area contributed by atoms with Gasteiger partial charge >= 0.3 is 0 Å². The molecule has 0 fully saturated rings. The molecule has 0 bridgehead atoms. The zero-order valence-electron chi connectivity index (χ0n) is 16.7. The number of amides is 1. The van der Waals surface area contributed by atoms with Crippen LogP contribution in [0.1, 0.15) is 27.5 Å². The lowest BCUT2D eigenvalue weighted by atomic mass is 9.98. The highest BCUT2D eigenvalue weighted by atomic mass is 79.9. The molecular formula is C23H23BrN2O3S. The van der Waals surface area contributed by atoms with E-state index in [2.05, 4.69) is 21.2 Å². The highest BCUT2D eigenvalue weighted by Gasteiger charge is 2.23. The van der Waals surface area contributed by atoms with Gasteiger partial charge in [0.1, 0.15) is 0 Å². The van der Waals surface area contributed by atoms with E-state index in [4.69, 9.17) is 0 Å². The zero-order chi connectivity index (χ0) is 21.7. The average molecular weight is 487 g/mol. The van der Waals surface area contributed by atoms with Gasteiger partial charge in [-0.15, -0.1) is 0 Å². The summed E-state index contributed by atoms with van der Waals surface area (Å²) in [7, 11) is -0.770. The molecule has 0 saturated heterocycles. The van der Waals surface area contributed by atoms with Crippen LogP contribution in [0.3, 0.4) is 0 Å². The minimum atomic E-state index is -3.69. The molecule has 5 nitrogen and oxygen atoms in total. The second kappa shape index (κ2) is 9.55. The third-order valence-electron chi connectivity index (χ3n) is 4.74. The van der Waals surface area contributed by atoms with Crippen LogP contribution >= 0.6 is 15.9 Å². The Balaban J connectivity index is 1.91. The van der Waals surface area contributed by atoms with E-state index in [1.807, 2.05) is 60.7 Å². The Morgan fingerprint density at radius 3 is 2.17 bits per heavy atom. The van der Waals surface area contributed by atoms with Gasteiger partial charge in [-0.2, -0.15) is 0 Å². The van der Waals surface area contributed by atoms with Gasteiger partial charge < -0.3 is 5.32 Å². The van der Waals surface area contributed by atoms with Gasteiger partial charge in [0.05, 0.1) is 10.9 Å². The van der Waals surface area contributed by atoms with Crippen LogP contribution in [0.4, 0.5) is 0 Å². The minimum absolute atomic E-state index is 0.0551. The van der Waals surface area contributed by atoms with Crippen molar-refractivity contribution in [1.29, 1.82) is 0 Å². The number of benzene rings is 3. The van der Waals surface area contributed by atoms with Crippen molar-refractivity contribution in [2.45, 2.75) is 17.4 Å². The van der Waals surface area contributed by atoms with Crippen LogP contribution in [0.15, 0.2) is 88.2 Å². The molecule has 0 saturated carbocycles. The maximum Gasteiger partial charge on any atom is 0.251 e. The average Bonchev–Trinajstić information content (AvgIpc) is 2.74. The number of nitrogens with one attached hydrogen (secondary N) is 1. The quantitative estimate of drug-likeness (QED) is 0.537. The highest BCUT2D eigenvalue weighted by Crippen LogP contribution is 2.26. The first-order chi connectivity index (χ1) is 14.3. The largest absolute Gasteiger partial charge is 0.345 e. The number of rotatable bonds is 7. The van der Waals surface area contributed by atoms with Crippen molar-refractivity contribution in [1.82, 2.24) is 9.62 Å². The smallest absolute Gasteiger partial charge is 0.251 e. The first-order valence-corrected chi connectivity index (χ1v) is 11.6. The summed E-state index contributed by atoms with van der Waals surface area (Å²) in [5.41, 5.74) is 2.36. The van der Waals surface area contributed by atoms with Gasteiger partial charge in [-0.1, -0.05) is 60.7 Å². The van der Waals surface area contributed by atoms with Crippen molar-refractivity contribution < 1.29 is 13.2 Å². The highest BCUT2D eigenvalue weighted by molar-refractivity contribution is 9.10. The zero-order valence-corrected chi connectivity index (χ0v) is 19.2. The third-order valence-corrected chi connectivity index (χ3v) is 7.55. The summed E-state index contributed by atoms with van der Waals surface area (Å²) < 4.78 is 26.7. The van der Waals surface area contributed by atoms with E-state index in [9.17, 15) is 13.2 Å². The van der Waals surface area contributed by atoms with Gasteiger partial charge in [0.25, 0.3) is 5.91 Å². The normalized spacial score (nSPS) is 12.5. The molecule has 0 aromatic heterocycles. The number of nitrogens with zero attached hydrogens (tertiary/aromatic N) is 1. The van der Waals surface area contributed by atoms with E-state index in [0.717, 1.165) is 15.4 Å². The van der Waals surface area contributed by atoms with Gasteiger partial charge in [0, 0.05) is 24.1 Å². The summed E-state index contributed by atoms with van der Waals surface area (Å²) in [5, 5.41) is 3.06. The molecule has 3 rings (SSSR count). The van der Waals surface area contributed by atoms with Crippen LogP contribution in [0.25, 0.3) is 0 Å². The summed E-state index contributed by atoms with van der Waals surface area (Å²) in [6.07, 6.45) is 0.621. The van der Waals surface area contributed by atoms with Crippen LogP contribution in [-0.4, -0.2) is 32.7 Å². The van der Waals surface area contributed by atoms with E-state index >= 15 is 0 Å². The molecule has 0 aliphatic heterocycles. The molecule has 0 spiro atoms. The van der Waals surface area contributed by atoms with Gasteiger partial charge in [-0.05, 0) is 51.7 Å². The molecule has 0 radical (unpaired) electrons. The number of hydrogen-bond donors (Lipinski definition) is 1. The molecule has 0 aliphatic carbocycles. The predicted octanol–water partition coefficient (Wildman–Crippen LogP) is 4.41. The van der Waals surface area contributed by atoms with Crippen LogP contribution in [-0.2, 0) is 16.4 Å². The van der Waals surface area contributed by atoms with Crippen molar-refractivity contribution in [3.63, 3.8) is 0 Å². The maximum atomic E-state index is 13.0. The van der Waals surface area contributed by atoms with Crippen molar-refractivity contribution in [3.8, 4) is 0 Å². The van der Waals surface area contributed by atoms with E-state index in [1.54, 1.807) is 12.1 Å². The molecule has 3 aromatic rings. The summed E-state index contributed by atoms with van der Waals surface area (Å²) in [4.78, 5) is 13.1. The van der Waals surface area contributed by atoms with Crippen LogP contribution in [0, 0.1) is 0 Å². The fourth-order valence-corrected chi connectivity index (χ4v) is 4.91. The van der Waals surface area contributed by atoms with Crippen molar-refractivity contribution >= 4 is 31.9 Å². The number of carbonyl (C=O) groups excluding carboxylic acids is 1. The molecule has 30 heavy (non-hydrogen) atoms. The topological polar surface area (TPSA) is 66.5 Å². The summed E-state index contributed by atoms with van der Waals surface area (Å²) >= 11 is 3.28. The second-order valence-corrected chi connectivity index (χ2v) is 10.0. The Morgan fingerprint density at radius 2 is 1.57 bits per heavy atom. The fourth-order valence-electron chi connectivity index (χ4n) is 3.07. The van der Waals surface area contributed by atoms with E-state index < -0.39 is 10.0 Å². The molecule has 1 N–H and O–H groups in total. The maximum absolute atomic E-state index is 13.0. The Bertz CT molecular complexity index is 1120. The summed E-state index contributed by atoms with van der Waals surface area (Å²) in [6.45, 7) is 0. The first kappa shape index (κ1) is 22.2. The van der Waals surface area contributed by atoms with Crippen molar-refractivity contribution in [2.24, 2.45) is 0 Å². The Hall–Kier alpha value is -2.48. The van der Waals surface area contributed by atoms with Crippen LogP contribution < -0.4 is 5.32 Å². The summed E-state index contributed by atoms with van der Waals surface area (Å²) in [6, 6.07) is 24.0. The second-order valence-electron chi connectivity index (χ2n) is 7.06. The Labute approximate surface area is 185 Å². The number of carbonyl (C=O) groups is 1. The molecule has 1 unspecified atom stereocenters. The molecule has 156 valence electrons. The van der Waals surface area contributed by atoms with Crippen LogP contribution in [0.2, 0.25) is 0 Å². The summed E-state index contributed by atoms with van der Waals surface area (Å²) in [5.74, 6) is -0.331. The Morgan fingerprint density at radius 1 is 0.967 bits per heavy atom. The first-order valence-electron chi connectivity index (χ1n) is 9.41. The molecule has 1 amide bonds. The van der Waals surface area contributed by atoms with E-state index in [-0.39, 0.29) is 22.4 Å². The number of halogens is 1. The molecule has 0 aliphatic rings. The van der Waals surface area contributed by atoms with Gasteiger partial charge in [0.2, 0.25) is 10.0 Å². The fraction of sp³-hybridized carbons (Fsp3) is 0.174. The number of sulfonamides is 1. The monoisotopic (exact) mass is 486 g/mol. The lowest BCUT2D eigenvalue weighted by molar-refractivity contribution is 0.0936. The molecule has 1 atom stereocenters. The third kappa shape index (κ3) is 5.16. The standard InChI is InChI=1S/C23H23BrN2O3S/c1-26(2)30(28,29)22-16-19(13-14-20(22)24)23(27)25-21(18-11-7-4-8-12-18)15-17-9-5-3-6-10-17/h3-14,16,21H,15H2,1-2H3,(H,25,27). The van der Waals surface area contributed by atoms with Gasteiger partial charge in [-0.25, -0.2) is 12.7 Å². The predicted molar refractivity (Wildman–Crippen MR) is 122 cm³/mol. The lowest BCUT2D eigenvalue weighted by Crippen LogP contribution is -2.30. The van der Waals surface area contributed by atoms with Crippen molar-refractivity contribution in [3.05, 3.63) is 100 Å². The van der Waals surface area contributed by atoms with Gasteiger partial charge in [0.15, 0.2) is 0 Å². The SMILES string of the molecule is CN(C)S(=O)(=O)c1cc(C(=O)NC(Cc2ccccc2)c2ccccc2)ccc1Br. The van der Waals surface area contributed by atoms with Crippen molar-refractivity contribution in [2.75, 3.05) is 14.1 Å². The molecule has 3 aromatic carbocycles. The van der Waals surface area contributed by atoms with E-state index in [0.29, 0.717) is 10.9 Å². The number of hydrogen-bond acceptors (Lipinski definition) is 3. The van der Waals surface area contributed by atoms with E-state index in [1.165, 1.54) is 20.2 Å². The minimum Gasteiger partial charge on any atom is -0.345 e. The Kier molecular flexibility index (Phi) is 7.07. The van der Waals surface area contributed by atoms with Crippen LogP contribution in [0.5, 0.6) is 0 Å². The van der Waals surface area contributed by atoms with Gasteiger partial charge in [-0.3, -0.25) is 4.79 Å². The lowest BCUT2D eigenvalue weighted by Gasteiger charge is -2.20. The molecular weight excluding hydrogens is 464 g/mol.